The summed E-state index contributed by atoms with van der Waals surface area (Å²) in [6.45, 7) is 36.0. The number of rotatable bonds is 11. The van der Waals surface area contributed by atoms with Crippen molar-refractivity contribution in [2.45, 2.75) is 81.6 Å². The molecule has 0 heterocycles. The SMILES string of the molecule is C#C.C#Cc1ccc(N(CC=C)CCC)c(C(=C)/C(C)=C/C=C\C)c1.C=C(C)C(=C)CCC.CC.CC. The van der Waals surface area contributed by atoms with E-state index in [-0.39, 0.29) is 0 Å². The Morgan fingerprint density at radius 2 is 1.57 bits per heavy atom. The molecule has 0 radical (unpaired) electrons. The van der Waals surface area contributed by atoms with Crippen LogP contribution in [-0.2, 0) is 0 Å². The Hall–Kier alpha value is -3.42. The van der Waals surface area contributed by atoms with Gasteiger partial charge in [-0.3, -0.25) is 0 Å². The van der Waals surface area contributed by atoms with Crippen molar-refractivity contribution in [2.75, 3.05) is 18.0 Å². The van der Waals surface area contributed by atoms with Gasteiger partial charge in [0.1, 0.15) is 0 Å². The summed E-state index contributed by atoms with van der Waals surface area (Å²) in [6, 6.07) is 6.14. The monoisotopic (exact) mass is 501 g/mol. The summed E-state index contributed by atoms with van der Waals surface area (Å²) >= 11 is 0. The largest absolute Gasteiger partial charge is 0.367 e. The van der Waals surface area contributed by atoms with Crippen LogP contribution in [0.2, 0.25) is 0 Å². The van der Waals surface area contributed by atoms with E-state index in [4.69, 9.17) is 6.42 Å². The molecule has 0 atom stereocenters. The number of anilines is 1. The smallest absolute Gasteiger partial charge is 0.0449 e. The van der Waals surface area contributed by atoms with E-state index in [9.17, 15) is 0 Å². The molecule has 1 aromatic carbocycles. The number of terminal acetylenes is 2. The van der Waals surface area contributed by atoms with Crippen LogP contribution >= 0.6 is 0 Å². The third-order valence-electron chi connectivity index (χ3n) is 4.84. The van der Waals surface area contributed by atoms with Gasteiger partial charge in [0.15, 0.2) is 0 Å². The fraction of sp³-hybridized carbons (Fsp3) is 0.389. The molecule has 0 fully saturated rings. The van der Waals surface area contributed by atoms with E-state index in [0.717, 1.165) is 59.5 Å². The fourth-order valence-corrected chi connectivity index (χ4v) is 2.95. The van der Waals surface area contributed by atoms with Gasteiger partial charge in [-0.25, -0.2) is 0 Å². The number of allylic oxidation sites excluding steroid dienone is 7. The maximum atomic E-state index is 5.58. The molecule has 0 amide bonds. The van der Waals surface area contributed by atoms with Gasteiger partial charge < -0.3 is 4.90 Å². The van der Waals surface area contributed by atoms with E-state index in [1.165, 1.54) is 12.0 Å². The molecule has 0 aliphatic rings. The van der Waals surface area contributed by atoms with E-state index < -0.39 is 0 Å². The average molecular weight is 502 g/mol. The lowest BCUT2D eigenvalue weighted by molar-refractivity contribution is 0.815. The van der Waals surface area contributed by atoms with Crippen LogP contribution in [-0.4, -0.2) is 13.1 Å². The molecule has 0 saturated carbocycles. The molecule has 1 rings (SSSR count). The van der Waals surface area contributed by atoms with Crippen molar-refractivity contribution in [1.29, 1.82) is 0 Å². The molecule has 0 saturated heterocycles. The lowest BCUT2D eigenvalue weighted by Crippen LogP contribution is -2.25. The highest BCUT2D eigenvalue weighted by molar-refractivity contribution is 5.85. The zero-order chi connectivity index (χ0) is 29.8. The van der Waals surface area contributed by atoms with Gasteiger partial charge in [-0.05, 0) is 63.0 Å². The molecular weight excluding hydrogens is 446 g/mol. The van der Waals surface area contributed by atoms with Crippen molar-refractivity contribution in [3.63, 3.8) is 0 Å². The Morgan fingerprint density at radius 1 is 1.00 bits per heavy atom. The molecule has 204 valence electrons. The van der Waals surface area contributed by atoms with E-state index in [1.54, 1.807) is 0 Å². The van der Waals surface area contributed by atoms with E-state index in [1.807, 2.05) is 65.8 Å². The number of benzene rings is 1. The second kappa shape index (κ2) is 28.8. The second-order valence-corrected chi connectivity index (χ2v) is 7.60. The number of nitrogens with zero attached hydrogens (tertiary/aromatic N) is 1. The molecule has 37 heavy (non-hydrogen) atoms. The van der Waals surface area contributed by atoms with Crippen molar-refractivity contribution in [2.24, 2.45) is 0 Å². The zero-order valence-corrected chi connectivity index (χ0v) is 25.6. The maximum Gasteiger partial charge on any atom is 0.0449 e. The molecule has 1 nitrogen and oxygen atoms in total. The first-order valence-electron chi connectivity index (χ1n) is 13.4. The number of hydrogen-bond donors (Lipinski definition) is 0. The molecule has 1 aromatic rings. The van der Waals surface area contributed by atoms with Crippen LogP contribution in [0, 0.1) is 25.2 Å². The average Bonchev–Trinajstić information content (AvgIpc) is 2.94. The van der Waals surface area contributed by atoms with Crippen LogP contribution in [0.15, 0.2) is 85.5 Å². The van der Waals surface area contributed by atoms with Crippen LogP contribution < -0.4 is 4.90 Å². The number of hydrogen-bond acceptors (Lipinski definition) is 1. The van der Waals surface area contributed by atoms with Crippen LogP contribution in [0.25, 0.3) is 5.57 Å². The summed E-state index contributed by atoms with van der Waals surface area (Å²) in [7, 11) is 0. The van der Waals surface area contributed by atoms with Gasteiger partial charge >= 0.3 is 0 Å². The van der Waals surface area contributed by atoms with Gasteiger partial charge in [-0.15, -0.1) is 25.8 Å². The fourth-order valence-electron chi connectivity index (χ4n) is 2.95. The van der Waals surface area contributed by atoms with Crippen LogP contribution in [0.5, 0.6) is 0 Å². The summed E-state index contributed by atoms with van der Waals surface area (Å²) in [4.78, 5) is 2.32. The minimum atomic E-state index is 0.807. The third kappa shape index (κ3) is 18.5. The zero-order valence-electron chi connectivity index (χ0n) is 25.6. The molecule has 0 bridgehead atoms. The van der Waals surface area contributed by atoms with E-state index in [0.29, 0.717) is 0 Å². The Kier molecular flexibility index (Phi) is 31.7. The van der Waals surface area contributed by atoms with Crippen LogP contribution in [0.3, 0.4) is 0 Å². The predicted octanol–water partition coefficient (Wildman–Crippen LogP) is 10.8. The van der Waals surface area contributed by atoms with Gasteiger partial charge in [0.05, 0.1) is 0 Å². The molecule has 0 aliphatic heterocycles. The Morgan fingerprint density at radius 3 is 1.95 bits per heavy atom. The lowest BCUT2D eigenvalue weighted by atomic mass is 9.96. The van der Waals surface area contributed by atoms with Crippen molar-refractivity contribution in [1.82, 2.24) is 0 Å². The first kappa shape index (κ1) is 40.7. The van der Waals surface area contributed by atoms with Crippen molar-refractivity contribution < 1.29 is 0 Å². The summed E-state index contributed by atoms with van der Waals surface area (Å²) in [5.74, 6) is 2.72. The van der Waals surface area contributed by atoms with Crippen molar-refractivity contribution in [3.05, 3.63) is 96.7 Å². The standard InChI is InChI=1S/C22H27N.C8H14.2C2H6.C2H2/c1-7-11-12-18(5)19(6)21-17-20(10-4)13-14-22(21)23(15-8-2)16-9-3;1-5-6-8(4)7(2)3;3*1-2/h4,7-8,11-14,17H,2,6,9,15-16H2,1,3,5H3;2,4-6H2,1,3H3;2*1-2H3;1-2H/b11-7-,18-12+;;;;. The first-order chi connectivity index (χ1) is 17.8. The minimum absolute atomic E-state index is 0.807. The Bertz CT molecular complexity index is 896. The van der Waals surface area contributed by atoms with Gasteiger partial charge in [0.2, 0.25) is 0 Å². The third-order valence-corrected chi connectivity index (χ3v) is 4.84. The predicted molar refractivity (Wildman–Crippen MR) is 176 cm³/mol. The summed E-state index contributed by atoms with van der Waals surface area (Å²) in [5, 5.41) is 0. The molecule has 0 N–H and O–H groups in total. The van der Waals surface area contributed by atoms with E-state index >= 15 is 0 Å². The molecular formula is C36H55N. The van der Waals surface area contributed by atoms with Gasteiger partial charge in [-0.1, -0.05) is 109 Å². The Labute approximate surface area is 232 Å². The van der Waals surface area contributed by atoms with Crippen molar-refractivity contribution >= 4 is 11.3 Å². The highest BCUT2D eigenvalue weighted by Gasteiger charge is 2.13. The van der Waals surface area contributed by atoms with Crippen LogP contribution in [0.1, 0.15) is 92.7 Å². The molecule has 0 aromatic heterocycles. The van der Waals surface area contributed by atoms with Crippen molar-refractivity contribution in [3.8, 4) is 25.2 Å². The van der Waals surface area contributed by atoms with Gasteiger partial charge in [0, 0.05) is 29.9 Å². The minimum Gasteiger partial charge on any atom is -0.367 e. The topological polar surface area (TPSA) is 3.24 Å². The summed E-state index contributed by atoms with van der Waals surface area (Å²) < 4.78 is 0. The normalized spacial score (nSPS) is 9.30. The summed E-state index contributed by atoms with van der Waals surface area (Å²) in [6.07, 6.45) is 25.0. The van der Waals surface area contributed by atoms with E-state index in [2.05, 4.69) is 89.0 Å². The Balaban J connectivity index is -0.000000325. The quantitative estimate of drug-likeness (QED) is 0.165. The first-order valence-corrected chi connectivity index (χ1v) is 13.4. The van der Waals surface area contributed by atoms with Gasteiger partial charge in [-0.2, -0.15) is 0 Å². The lowest BCUT2D eigenvalue weighted by Gasteiger charge is -2.26. The second-order valence-electron chi connectivity index (χ2n) is 7.60. The van der Waals surface area contributed by atoms with Gasteiger partial charge in [0.25, 0.3) is 0 Å². The molecule has 0 aliphatic carbocycles. The molecule has 1 heteroatoms. The summed E-state index contributed by atoms with van der Waals surface area (Å²) in [5.41, 5.74) is 7.56. The molecule has 0 spiro atoms. The van der Waals surface area contributed by atoms with Crippen LogP contribution in [0.4, 0.5) is 5.69 Å². The highest BCUT2D eigenvalue weighted by atomic mass is 15.1. The maximum absolute atomic E-state index is 5.58. The molecule has 0 unspecified atom stereocenters. The highest BCUT2D eigenvalue weighted by Crippen LogP contribution is 2.32.